The molecule has 0 bridgehead atoms. The maximum atomic E-state index is 12.7. The van der Waals surface area contributed by atoms with E-state index in [9.17, 15) is 4.79 Å². The number of rotatable bonds is 5. The van der Waals surface area contributed by atoms with Gasteiger partial charge in [-0.05, 0) is 74.1 Å². The second-order valence-electron chi connectivity index (χ2n) is 7.12. The molecule has 134 valence electrons. The molecule has 0 spiro atoms. The van der Waals surface area contributed by atoms with Gasteiger partial charge in [-0.15, -0.1) is 0 Å². The molecule has 1 amide bonds. The van der Waals surface area contributed by atoms with Crippen LogP contribution in [-0.4, -0.2) is 13.0 Å². The first-order valence-corrected chi connectivity index (χ1v) is 8.81. The van der Waals surface area contributed by atoms with Crippen molar-refractivity contribution in [2.75, 3.05) is 7.11 Å². The van der Waals surface area contributed by atoms with Gasteiger partial charge in [-0.1, -0.05) is 31.5 Å². The molecule has 2 rings (SSSR count). The molecule has 0 fully saturated rings. The monoisotopic (exact) mass is 339 g/mol. The molecule has 0 aliphatic rings. The highest BCUT2D eigenvalue weighted by Crippen LogP contribution is 2.32. The van der Waals surface area contributed by atoms with Crippen molar-refractivity contribution in [3.63, 3.8) is 0 Å². The normalized spacial score (nSPS) is 12.2. The average molecular weight is 339 g/mol. The number of hydrogen-bond donors (Lipinski definition) is 1. The Morgan fingerprint density at radius 2 is 1.64 bits per heavy atom. The van der Waals surface area contributed by atoms with E-state index in [1.165, 1.54) is 0 Å². The van der Waals surface area contributed by atoms with E-state index in [0.717, 1.165) is 39.1 Å². The minimum Gasteiger partial charge on any atom is -0.496 e. The molecule has 0 saturated heterocycles. The van der Waals surface area contributed by atoms with Crippen LogP contribution in [0, 0.1) is 20.8 Å². The number of carbonyl (C=O) groups is 1. The van der Waals surface area contributed by atoms with Crippen LogP contribution in [-0.2, 0) is 0 Å². The number of hydrogen-bond acceptors (Lipinski definition) is 2. The molecule has 2 aromatic rings. The smallest absolute Gasteiger partial charge is 0.252 e. The van der Waals surface area contributed by atoms with Gasteiger partial charge < -0.3 is 10.1 Å². The van der Waals surface area contributed by atoms with Crippen LogP contribution < -0.4 is 10.1 Å². The predicted octanol–water partition coefficient (Wildman–Crippen LogP) is 5.23. The number of ether oxygens (including phenoxy) is 1. The molecule has 1 atom stereocenters. The first-order valence-electron chi connectivity index (χ1n) is 8.81. The van der Waals surface area contributed by atoms with Gasteiger partial charge in [0.15, 0.2) is 0 Å². The number of aryl methyl sites for hydroxylation is 3. The zero-order valence-corrected chi connectivity index (χ0v) is 16.4. The Labute approximate surface area is 151 Å². The molecule has 25 heavy (non-hydrogen) atoms. The fourth-order valence-corrected chi connectivity index (χ4v) is 3.23. The summed E-state index contributed by atoms with van der Waals surface area (Å²) in [6.45, 7) is 12.4. The van der Waals surface area contributed by atoms with E-state index in [2.05, 4.69) is 38.2 Å². The third-order valence-electron chi connectivity index (χ3n) is 4.68. The Kier molecular flexibility index (Phi) is 5.89. The van der Waals surface area contributed by atoms with Gasteiger partial charge in [0.05, 0.1) is 13.2 Å². The summed E-state index contributed by atoms with van der Waals surface area (Å²) in [4.78, 5) is 12.7. The Bertz CT molecular complexity index is 778. The predicted molar refractivity (Wildman–Crippen MR) is 104 cm³/mol. The molecule has 3 nitrogen and oxygen atoms in total. The Morgan fingerprint density at radius 3 is 2.20 bits per heavy atom. The zero-order chi connectivity index (χ0) is 18.7. The highest BCUT2D eigenvalue weighted by Gasteiger charge is 2.18. The van der Waals surface area contributed by atoms with Crippen LogP contribution in [0.2, 0.25) is 0 Å². The summed E-state index contributed by atoms with van der Waals surface area (Å²) >= 11 is 0. The molecule has 3 heteroatoms. The first kappa shape index (κ1) is 19.0. The molecule has 1 N–H and O–H groups in total. The van der Waals surface area contributed by atoms with Gasteiger partial charge >= 0.3 is 0 Å². The van der Waals surface area contributed by atoms with Gasteiger partial charge in [-0.2, -0.15) is 0 Å². The highest BCUT2D eigenvalue weighted by atomic mass is 16.5. The van der Waals surface area contributed by atoms with Crippen LogP contribution in [0.3, 0.4) is 0 Å². The molecular formula is C22H29NO2. The van der Waals surface area contributed by atoms with Crippen molar-refractivity contribution in [1.29, 1.82) is 0 Å². The average Bonchev–Trinajstić information content (AvgIpc) is 2.53. The van der Waals surface area contributed by atoms with Gasteiger partial charge in [0.1, 0.15) is 5.75 Å². The van der Waals surface area contributed by atoms with E-state index in [1.807, 2.05) is 39.0 Å². The number of carbonyl (C=O) groups excluding carboxylic acids is 1. The summed E-state index contributed by atoms with van der Waals surface area (Å²) in [7, 11) is 1.70. The minimum atomic E-state index is -0.0726. The van der Waals surface area contributed by atoms with Crippen LogP contribution in [0.4, 0.5) is 0 Å². The van der Waals surface area contributed by atoms with E-state index in [-0.39, 0.29) is 11.9 Å². The number of amides is 1. The SMILES string of the molecule is COc1cc(C)c([C@H](C)NC(=O)c2ccc(C)cc2C)cc1C(C)C. The molecule has 0 aliphatic carbocycles. The molecule has 0 unspecified atom stereocenters. The summed E-state index contributed by atoms with van der Waals surface area (Å²) in [5.74, 6) is 1.23. The molecule has 0 aliphatic heterocycles. The third-order valence-corrected chi connectivity index (χ3v) is 4.68. The van der Waals surface area contributed by atoms with Crippen molar-refractivity contribution >= 4 is 5.91 Å². The van der Waals surface area contributed by atoms with Crippen molar-refractivity contribution in [2.24, 2.45) is 0 Å². The maximum absolute atomic E-state index is 12.7. The summed E-state index contributed by atoms with van der Waals surface area (Å²) in [5, 5.41) is 3.14. The largest absolute Gasteiger partial charge is 0.496 e. The minimum absolute atomic E-state index is 0.0358. The van der Waals surface area contributed by atoms with Crippen molar-refractivity contribution in [1.82, 2.24) is 5.32 Å². The van der Waals surface area contributed by atoms with Crippen molar-refractivity contribution in [3.8, 4) is 5.75 Å². The molecule has 0 heterocycles. The van der Waals surface area contributed by atoms with Gasteiger partial charge in [-0.25, -0.2) is 0 Å². The van der Waals surface area contributed by atoms with Crippen LogP contribution in [0.25, 0.3) is 0 Å². The lowest BCUT2D eigenvalue weighted by molar-refractivity contribution is 0.0939. The third kappa shape index (κ3) is 4.22. The Balaban J connectivity index is 2.29. The molecule has 0 saturated carbocycles. The first-order chi connectivity index (χ1) is 11.7. The number of nitrogens with one attached hydrogen (secondary N) is 1. The van der Waals surface area contributed by atoms with E-state index in [4.69, 9.17) is 4.74 Å². The molecular weight excluding hydrogens is 310 g/mol. The summed E-state index contributed by atoms with van der Waals surface area (Å²) in [6.07, 6.45) is 0. The maximum Gasteiger partial charge on any atom is 0.252 e. The topological polar surface area (TPSA) is 38.3 Å². The van der Waals surface area contributed by atoms with Gasteiger partial charge in [-0.3, -0.25) is 4.79 Å². The van der Waals surface area contributed by atoms with E-state index in [0.29, 0.717) is 5.92 Å². The lowest BCUT2D eigenvalue weighted by Gasteiger charge is -2.21. The van der Waals surface area contributed by atoms with Gasteiger partial charge in [0.25, 0.3) is 5.91 Å². The van der Waals surface area contributed by atoms with Crippen LogP contribution >= 0.6 is 0 Å². The summed E-state index contributed by atoms with van der Waals surface area (Å²) in [6, 6.07) is 10.1. The van der Waals surface area contributed by atoms with Crippen LogP contribution in [0.15, 0.2) is 30.3 Å². The van der Waals surface area contributed by atoms with Crippen LogP contribution in [0.5, 0.6) is 5.75 Å². The molecule has 2 aromatic carbocycles. The van der Waals surface area contributed by atoms with Crippen molar-refractivity contribution in [3.05, 3.63) is 63.7 Å². The second kappa shape index (κ2) is 7.73. The number of methoxy groups -OCH3 is 1. The number of benzene rings is 2. The summed E-state index contributed by atoms with van der Waals surface area (Å²) < 4.78 is 5.51. The zero-order valence-electron chi connectivity index (χ0n) is 16.4. The van der Waals surface area contributed by atoms with Crippen molar-refractivity contribution in [2.45, 2.75) is 53.5 Å². The lowest BCUT2D eigenvalue weighted by atomic mass is 9.93. The highest BCUT2D eigenvalue weighted by molar-refractivity contribution is 5.95. The van der Waals surface area contributed by atoms with E-state index < -0.39 is 0 Å². The van der Waals surface area contributed by atoms with Gasteiger partial charge in [0, 0.05) is 5.56 Å². The Hall–Kier alpha value is -2.29. The van der Waals surface area contributed by atoms with E-state index >= 15 is 0 Å². The summed E-state index contributed by atoms with van der Waals surface area (Å²) in [5.41, 5.74) is 6.30. The fraction of sp³-hybridized carbons (Fsp3) is 0.409. The van der Waals surface area contributed by atoms with Crippen LogP contribution in [0.1, 0.15) is 70.9 Å². The molecule has 0 radical (unpaired) electrons. The lowest BCUT2D eigenvalue weighted by Crippen LogP contribution is -2.28. The van der Waals surface area contributed by atoms with E-state index in [1.54, 1.807) is 7.11 Å². The standard InChI is InChI=1S/C22H29NO2/c1-13(2)19-12-20(16(5)11-21(19)25-7)17(6)23-22(24)18-9-8-14(3)10-15(18)4/h8-13,17H,1-7H3,(H,23,24)/t17-/m0/s1. The fourth-order valence-electron chi connectivity index (χ4n) is 3.23. The van der Waals surface area contributed by atoms with Gasteiger partial charge in [0.2, 0.25) is 0 Å². The second-order valence-corrected chi connectivity index (χ2v) is 7.12. The Morgan fingerprint density at radius 1 is 0.960 bits per heavy atom. The molecule has 0 aromatic heterocycles. The van der Waals surface area contributed by atoms with Crippen molar-refractivity contribution < 1.29 is 9.53 Å². The quantitative estimate of drug-likeness (QED) is 0.809.